The lowest BCUT2D eigenvalue weighted by atomic mass is 9.93. The fourth-order valence-electron chi connectivity index (χ4n) is 2.43. The Labute approximate surface area is 136 Å². The first-order valence-electron chi connectivity index (χ1n) is 7.63. The molecule has 134 valence electrons. The predicted octanol–water partition coefficient (Wildman–Crippen LogP) is 1.76. The van der Waals surface area contributed by atoms with Crippen LogP contribution in [-0.4, -0.2) is 58.5 Å². The zero-order valence-corrected chi connectivity index (χ0v) is 14.4. The zero-order valence-electron chi connectivity index (χ0n) is 13.5. The van der Waals surface area contributed by atoms with Gasteiger partial charge in [-0.3, -0.25) is 9.09 Å². The van der Waals surface area contributed by atoms with Crippen LogP contribution < -0.4 is 0 Å². The summed E-state index contributed by atoms with van der Waals surface area (Å²) in [6.07, 6.45) is -6.14. The second kappa shape index (κ2) is 7.46. The third kappa shape index (κ3) is 4.33. The Morgan fingerprint density at radius 2 is 1.83 bits per heavy atom. The number of ether oxygens (including phenoxy) is 1. The normalized spacial score (nSPS) is 34.1. The molecule has 1 aliphatic heterocycles. The van der Waals surface area contributed by atoms with Crippen molar-refractivity contribution >= 4 is 15.4 Å². The molecule has 1 saturated heterocycles. The van der Waals surface area contributed by atoms with Crippen molar-refractivity contribution in [1.29, 1.82) is 0 Å². The lowest BCUT2D eigenvalue weighted by Gasteiger charge is -2.36. The molecule has 1 heterocycles. The van der Waals surface area contributed by atoms with E-state index in [0.29, 0.717) is 0 Å². The second-order valence-electron chi connectivity index (χ2n) is 5.82. The van der Waals surface area contributed by atoms with Crippen LogP contribution in [-0.2, 0) is 13.8 Å². The smallest absolute Gasteiger partial charge is 0.362 e. The van der Waals surface area contributed by atoms with Crippen molar-refractivity contribution in [3.63, 3.8) is 0 Å². The van der Waals surface area contributed by atoms with Gasteiger partial charge in [0.05, 0.1) is 12.1 Å². The van der Waals surface area contributed by atoms with E-state index in [1.807, 2.05) is 0 Å². The van der Waals surface area contributed by atoms with E-state index >= 15 is 0 Å². The van der Waals surface area contributed by atoms with Crippen molar-refractivity contribution in [1.82, 2.24) is 0 Å². The van der Waals surface area contributed by atoms with E-state index in [4.69, 9.17) is 17.1 Å². The monoisotopic (exact) mass is 356 g/mol. The summed E-state index contributed by atoms with van der Waals surface area (Å²) >= 11 is 0. The maximum Gasteiger partial charge on any atom is 0.362 e. The summed E-state index contributed by atoms with van der Waals surface area (Å²) in [7, 11) is 0.553. The molecule has 0 aliphatic carbocycles. The maximum atomic E-state index is 14.9. The van der Waals surface area contributed by atoms with Gasteiger partial charge in [0.1, 0.15) is 20.1 Å². The van der Waals surface area contributed by atoms with E-state index in [0.717, 1.165) is 0 Å². The molecule has 6 nitrogen and oxygen atoms in total. The summed E-state index contributed by atoms with van der Waals surface area (Å²) in [5, 5.41) is 17.7. The first-order chi connectivity index (χ1) is 10.4. The Morgan fingerprint density at radius 1 is 1.30 bits per heavy atom. The average molecular weight is 356 g/mol. The van der Waals surface area contributed by atoms with Gasteiger partial charge in [0.2, 0.25) is 5.85 Å². The molecule has 1 rings (SSSR count). The minimum Gasteiger partial charge on any atom is -0.387 e. The molecule has 0 aromatic carbocycles. The summed E-state index contributed by atoms with van der Waals surface area (Å²) in [6, 6.07) is -1.40. The third-order valence-corrected chi connectivity index (χ3v) is 6.59. The molecule has 0 amide bonds. The van der Waals surface area contributed by atoms with Crippen molar-refractivity contribution in [2.45, 2.75) is 82.0 Å². The van der Waals surface area contributed by atoms with Gasteiger partial charge in [-0.25, -0.2) is 8.78 Å². The molecule has 23 heavy (non-hydrogen) atoms. The Kier molecular flexibility index (Phi) is 6.81. The third-order valence-electron chi connectivity index (χ3n) is 4.33. The van der Waals surface area contributed by atoms with Gasteiger partial charge in [-0.1, -0.05) is 20.8 Å². The molecule has 0 spiro atoms. The molecule has 2 radical (unpaired) electrons. The largest absolute Gasteiger partial charge is 0.387 e. The molecular weight excluding hydrogens is 332 g/mol. The number of hydrogen-bond acceptors (Lipinski definition) is 5. The lowest BCUT2D eigenvalue weighted by molar-refractivity contribution is -0.125. The van der Waals surface area contributed by atoms with Crippen LogP contribution >= 0.6 is 7.60 Å². The summed E-state index contributed by atoms with van der Waals surface area (Å²) < 4.78 is 50.3. The minimum absolute atomic E-state index is 0.114. The molecule has 0 bridgehead atoms. The Balaban J connectivity index is 2.92. The topological polar surface area (TPSA) is 96.2 Å². The predicted molar refractivity (Wildman–Crippen MR) is 80.5 cm³/mol. The summed E-state index contributed by atoms with van der Waals surface area (Å²) in [5.41, 5.74) is 0. The summed E-state index contributed by atoms with van der Waals surface area (Å²) in [4.78, 5) is 9.99. The molecule has 0 saturated carbocycles. The van der Waals surface area contributed by atoms with Gasteiger partial charge >= 0.3 is 7.60 Å². The SMILES string of the molecule is [B][C@@H]1O[C@H](CC(F)(CC)OP(=O)(O)C(O)(CC)CC)[C@@H](O)[C@H]1F. The van der Waals surface area contributed by atoms with E-state index in [-0.39, 0.29) is 19.3 Å². The van der Waals surface area contributed by atoms with E-state index in [1.54, 1.807) is 0 Å². The highest BCUT2D eigenvalue weighted by molar-refractivity contribution is 7.54. The summed E-state index contributed by atoms with van der Waals surface area (Å²) in [6.45, 7) is 4.29. The maximum absolute atomic E-state index is 14.9. The van der Waals surface area contributed by atoms with Gasteiger partial charge in [-0.15, -0.1) is 0 Å². The van der Waals surface area contributed by atoms with Gasteiger partial charge in [0, 0.05) is 12.8 Å². The number of hydrogen-bond donors (Lipinski definition) is 3. The molecule has 0 aromatic heterocycles. The van der Waals surface area contributed by atoms with Crippen LogP contribution in [0.5, 0.6) is 0 Å². The fraction of sp³-hybridized carbons (Fsp3) is 1.00. The number of aliphatic hydroxyl groups is 2. The fourth-order valence-corrected chi connectivity index (χ4v) is 4.04. The highest BCUT2D eigenvalue weighted by atomic mass is 31.2. The van der Waals surface area contributed by atoms with Crippen molar-refractivity contribution in [2.24, 2.45) is 0 Å². The van der Waals surface area contributed by atoms with E-state index in [9.17, 15) is 28.5 Å². The molecule has 10 heteroatoms. The highest BCUT2D eigenvalue weighted by Gasteiger charge is 2.52. The molecule has 6 atom stereocenters. The van der Waals surface area contributed by atoms with Crippen molar-refractivity contribution < 1.29 is 37.7 Å². The van der Waals surface area contributed by atoms with Gasteiger partial charge < -0.3 is 19.8 Å². The van der Waals surface area contributed by atoms with Gasteiger partial charge in [-0.05, 0) is 12.8 Å². The van der Waals surface area contributed by atoms with Crippen LogP contribution in [0.4, 0.5) is 8.78 Å². The minimum atomic E-state index is -4.74. The number of rotatable bonds is 8. The lowest BCUT2D eigenvalue weighted by Crippen LogP contribution is -2.39. The van der Waals surface area contributed by atoms with Crippen molar-refractivity contribution in [2.75, 3.05) is 0 Å². The molecule has 0 aromatic rings. The van der Waals surface area contributed by atoms with Crippen molar-refractivity contribution in [3.8, 4) is 0 Å². The Hall–Kier alpha value is -0.0451. The van der Waals surface area contributed by atoms with Crippen LogP contribution in [0.25, 0.3) is 0 Å². The van der Waals surface area contributed by atoms with Crippen LogP contribution in [0.1, 0.15) is 46.5 Å². The Morgan fingerprint density at radius 3 is 2.17 bits per heavy atom. The van der Waals surface area contributed by atoms with Gasteiger partial charge in [0.25, 0.3) is 0 Å². The van der Waals surface area contributed by atoms with Crippen LogP contribution in [0.15, 0.2) is 0 Å². The molecule has 1 aliphatic rings. The standard InChI is InChI=1S/C13H24BF2O6P/c1-4-12(16,7-8-10(17)9(15)11(14)21-8)22-23(19,20)13(18,5-2)6-3/h8-11,17-18H,4-7H2,1-3H3,(H,19,20)/t8-,9-,10-,11-,12?/m1/s1. The van der Waals surface area contributed by atoms with Gasteiger partial charge in [0.15, 0.2) is 5.34 Å². The zero-order chi connectivity index (χ0) is 18.1. The quantitative estimate of drug-likeness (QED) is 0.453. The van der Waals surface area contributed by atoms with Crippen LogP contribution in [0.2, 0.25) is 0 Å². The van der Waals surface area contributed by atoms with E-state index in [2.05, 4.69) is 0 Å². The van der Waals surface area contributed by atoms with Crippen LogP contribution in [0, 0.1) is 0 Å². The van der Waals surface area contributed by atoms with Crippen LogP contribution in [0.3, 0.4) is 0 Å². The molecule has 2 unspecified atom stereocenters. The van der Waals surface area contributed by atoms with E-state index < -0.39 is 49.6 Å². The second-order valence-corrected chi connectivity index (χ2v) is 7.87. The van der Waals surface area contributed by atoms with Crippen molar-refractivity contribution in [3.05, 3.63) is 0 Å². The highest BCUT2D eigenvalue weighted by Crippen LogP contribution is 2.60. The molecule has 1 fully saturated rings. The molecular formula is C13H24BF2O6P. The summed E-state index contributed by atoms with van der Waals surface area (Å²) in [5.74, 6) is -2.68. The van der Waals surface area contributed by atoms with Gasteiger partial charge in [-0.2, -0.15) is 0 Å². The number of halogens is 2. The first-order valence-corrected chi connectivity index (χ1v) is 9.21. The first kappa shape index (κ1) is 21.0. The Bertz CT molecular complexity index is 452. The number of alkyl halides is 2. The van der Waals surface area contributed by atoms with E-state index in [1.165, 1.54) is 20.8 Å². The number of aliphatic hydroxyl groups excluding tert-OH is 1. The average Bonchev–Trinajstić information content (AvgIpc) is 2.72. The molecule has 3 N–H and O–H groups in total.